The molecule has 0 spiro atoms. The fraction of sp³-hybridized carbons (Fsp3) is 0.125. The van der Waals surface area contributed by atoms with Gasteiger partial charge in [-0.15, -0.1) is 5.10 Å². The van der Waals surface area contributed by atoms with E-state index in [1.165, 1.54) is 11.8 Å². The molecule has 4 rings (SSSR count). The molecule has 1 amide bonds. The number of amidine groups is 1. The molecule has 0 aliphatic carbocycles. The molecule has 2 heterocycles. The predicted molar refractivity (Wildman–Crippen MR) is 127 cm³/mol. The first-order chi connectivity index (χ1) is 15.1. The normalized spacial score (nSPS) is 16.7. The highest BCUT2D eigenvalue weighted by atomic mass is 32.2. The van der Waals surface area contributed by atoms with Crippen LogP contribution in [-0.2, 0) is 11.3 Å². The molecule has 3 aromatic rings. The number of furan rings is 1. The summed E-state index contributed by atoms with van der Waals surface area (Å²) in [4.78, 5) is 17.3. The Labute approximate surface area is 185 Å². The first-order valence-corrected chi connectivity index (χ1v) is 10.6. The zero-order valence-corrected chi connectivity index (χ0v) is 18.1. The fourth-order valence-electron chi connectivity index (χ4n) is 2.98. The van der Waals surface area contributed by atoms with Crippen molar-refractivity contribution < 1.29 is 9.21 Å². The number of benzene rings is 2. The molecule has 31 heavy (non-hydrogen) atoms. The average Bonchev–Trinajstić information content (AvgIpc) is 3.39. The minimum absolute atomic E-state index is 0.116. The molecule has 6 nitrogen and oxygen atoms in total. The van der Waals surface area contributed by atoms with E-state index in [0.717, 1.165) is 16.8 Å². The Morgan fingerprint density at radius 1 is 1.00 bits per heavy atom. The molecule has 2 aromatic carbocycles. The lowest BCUT2D eigenvalue weighted by Gasteiger charge is -2.12. The third kappa shape index (κ3) is 5.13. The van der Waals surface area contributed by atoms with Gasteiger partial charge < -0.3 is 9.32 Å². The van der Waals surface area contributed by atoms with Crippen LogP contribution in [0.4, 0.5) is 5.69 Å². The van der Waals surface area contributed by atoms with E-state index < -0.39 is 0 Å². The van der Waals surface area contributed by atoms with Gasteiger partial charge >= 0.3 is 0 Å². The third-order valence-corrected chi connectivity index (χ3v) is 5.64. The minimum atomic E-state index is -0.116. The minimum Gasteiger partial charge on any atom is -0.467 e. The predicted octanol–water partition coefficient (Wildman–Crippen LogP) is 4.85. The van der Waals surface area contributed by atoms with Gasteiger partial charge in [-0.25, -0.2) is 0 Å². The van der Waals surface area contributed by atoms with E-state index in [-0.39, 0.29) is 5.91 Å². The maximum atomic E-state index is 13.0. The van der Waals surface area contributed by atoms with Gasteiger partial charge in [0.05, 0.1) is 23.9 Å². The summed E-state index contributed by atoms with van der Waals surface area (Å²) < 4.78 is 5.43. The highest BCUT2D eigenvalue weighted by Crippen LogP contribution is 2.33. The summed E-state index contributed by atoms with van der Waals surface area (Å²) in [6.45, 7) is 0.302. The number of amides is 1. The lowest BCUT2D eigenvalue weighted by Crippen LogP contribution is -2.28. The first kappa shape index (κ1) is 20.7. The van der Waals surface area contributed by atoms with Crippen molar-refractivity contribution in [1.82, 2.24) is 4.90 Å². The molecule has 1 saturated heterocycles. The smallest absolute Gasteiger partial charge is 0.267 e. The summed E-state index contributed by atoms with van der Waals surface area (Å²) in [5, 5.41) is 9.09. The van der Waals surface area contributed by atoms with Crippen LogP contribution in [0.1, 0.15) is 16.9 Å². The zero-order valence-electron chi connectivity index (χ0n) is 17.3. The Kier molecular flexibility index (Phi) is 6.33. The van der Waals surface area contributed by atoms with Crippen molar-refractivity contribution >= 4 is 40.8 Å². The lowest BCUT2D eigenvalue weighted by atomic mass is 10.2. The van der Waals surface area contributed by atoms with Crippen molar-refractivity contribution in [3.63, 3.8) is 0 Å². The Morgan fingerprint density at radius 2 is 1.77 bits per heavy atom. The van der Waals surface area contributed by atoms with Crippen molar-refractivity contribution in [2.45, 2.75) is 6.54 Å². The average molecular weight is 431 g/mol. The van der Waals surface area contributed by atoms with Crippen molar-refractivity contribution in [1.29, 1.82) is 0 Å². The largest absolute Gasteiger partial charge is 0.467 e. The molecular weight excluding hydrogens is 408 g/mol. The number of hydrogen-bond donors (Lipinski definition) is 0. The van der Waals surface area contributed by atoms with E-state index in [1.54, 1.807) is 23.4 Å². The number of carbonyl (C=O) groups is 1. The van der Waals surface area contributed by atoms with E-state index in [4.69, 9.17) is 4.42 Å². The van der Waals surface area contributed by atoms with Crippen LogP contribution in [0.2, 0.25) is 0 Å². The van der Waals surface area contributed by atoms with Crippen LogP contribution >= 0.6 is 11.8 Å². The quantitative estimate of drug-likeness (QED) is 0.319. The van der Waals surface area contributed by atoms with E-state index >= 15 is 0 Å². The van der Waals surface area contributed by atoms with Crippen LogP contribution < -0.4 is 4.90 Å². The Bertz CT molecular complexity index is 1120. The van der Waals surface area contributed by atoms with Gasteiger partial charge in [0.25, 0.3) is 5.91 Å². The van der Waals surface area contributed by atoms with E-state index in [9.17, 15) is 4.79 Å². The molecule has 1 aliphatic rings. The molecular formula is C24H22N4O2S. The van der Waals surface area contributed by atoms with Crippen molar-refractivity contribution in [3.05, 3.63) is 94.8 Å². The molecule has 7 heteroatoms. The first-order valence-electron chi connectivity index (χ1n) is 9.77. The fourth-order valence-corrected chi connectivity index (χ4v) is 3.92. The molecule has 1 fully saturated rings. The third-order valence-electron chi connectivity index (χ3n) is 4.64. The summed E-state index contributed by atoms with van der Waals surface area (Å²) in [6.07, 6.45) is 5.14. The lowest BCUT2D eigenvalue weighted by molar-refractivity contribution is -0.122. The Balaban J connectivity index is 1.58. The standard InChI is InChI=1S/C24H22N4O2S/c1-27(2)20-12-10-19(11-13-20)16-25-26-24-28(17-21-9-6-14-30-21)23(29)22(31-24)15-18-7-4-3-5-8-18/h3-16H,17H2,1-2H3/b22-15-,25-16+,26-24-. The molecule has 156 valence electrons. The van der Waals surface area contributed by atoms with Crippen LogP contribution in [0.3, 0.4) is 0 Å². The second-order valence-electron chi connectivity index (χ2n) is 7.11. The van der Waals surface area contributed by atoms with Gasteiger partial charge in [0.15, 0.2) is 5.17 Å². The van der Waals surface area contributed by atoms with Gasteiger partial charge in [-0.3, -0.25) is 9.69 Å². The highest BCUT2D eigenvalue weighted by Gasteiger charge is 2.34. The summed E-state index contributed by atoms with van der Waals surface area (Å²) in [6, 6.07) is 21.4. The molecule has 1 aliphatic heterocycles. The van der Waals surface area contributed by atoms with Gasteiger partial charge in [-0.2, -0.15) is 5.10 Å². The monoisotopic (exact) mass is 430 g/mol. The number of thioether (sulfide) groups is 1. The van der Waals surface area contributed by atoms with Gasteiger partial charge in [-0.05, 0) is 53.2 Å². The summed E-state index contributed by atoms with van der Waals surface area (Å²) in [5.41, 5.74) is 3.00. The van der Waals surface area contributed by atoms with E-state index in [0.29, 0.717) is 22.4 Å². The van der Waals surface area contributed by atoms with Gasteiger partial charge in [0.1, 0.15) is 5.76 Å². The van der Waals surface area contributed by atoms with Crippen LogP contribution in [0, 0.1) is 0 Å². The van der Waals surface area contributed by atoms with Gasteiger partial charge in [0, 0.05) is 19.8 Å². The second-order valence-corrected chi connectivity index (χ2v) is 8.11. The van der Waals surface area contributed by atoms with Crippen molar-refractivity contribution in [3.8, 4) is 0 Å². The maximum absolute atomic E-state index is 13.0. The van der Waals surface area contributed by atoms with Gasteiger partial charge in [0.2, 0.25) is 0 Å². The summed E-state index contributed by atoms with van der Waals surface area (Å²) in [5.74, 6) is 0.570. The molecule has 0 radical (unpaired) electrons. The van der Waals surface area contributed by atoms with Crippen molar-refractivity contribution in [2.24, 2.45) is 10.2 Å². The Morgan fingerprint density at radius 3 is 2.45 bits per heavy atom. The van der Waals surface area contributed by atoms with E-state index in [1.807, 2.05) is 85.7 Å². The van der Waals surface area contributed by atoms with Crippen LogP contribution in [0.25, 0.3) is 6.08 Å². The maximum Gasteiger partial charge on any atom is 0.267 e. The number of hydrogen-bond acceptors (Lipinski definition) is 6. The zero-order chi connectivity index (χ0) is 21.6. The number of anilines is 1. The van der Waals surface area contributed by atoms with Crippen molar-refractivity contribution in [2.75, 3.05) is 19.0 Å². The van der Waals surface area contributed by atoms with Gasteiger partial charge in [-0.1, -0.05) is 42.5 Å². The summed E-state index contributed by atoms with van der Waals surface area (Å²) in [7, 11) is 4.00. The highest BCUT2D eigenvalue weighted by molar-refractivity contribution is 8.18. The van der Waals surface area contributed by atoms with E-state index in [2.05, 4.69) is 10.2 Å². The van der Waals surface area contributed by atoms with Crippen LogP contribution in [0.15, 0.2) is 92.5 Å². The number of carbonyl (C=O) groups excluding carboxylic acids is 1. The molecule has 0 N–H and O–H groups in total. The van der Waals surface area contributed by atoms with Crippen LogP contribution in [0.5, 0.6) is 0 Å². The number of nitrogens with zero attached hydrogens (tertiary/aromatic N) is 4. The number of rotatable bonds is 6. The summed E-state index contributed by atoms with van der Waals surface area (Å²) >= 11 is 1.31. The molecule has 0 bridgehead atoms. The molecule has 0 unspecified atom stereocenters. The SMILES string of the molecule is CN(C)c1ccc(/C=N/N=C2\S/C(=C\c3ccccc3)C(=O)N2Cc2ccco2)cc1. The second kappa shape index (κ2) is 9.49. The molecule has 1 aromatic heterocycles. The van der Waals surface area contributed by atoms with Crippen LogP contribution in [-0.4, -0.2) is 36.3 Å². The Hall–Kier alpha value is -3.58. The molecule has 0 saturated carbocycles. The topological polar surface area (TPSA) is 61.4 Å². The molecule has 0 atom stereocenters.